The molecule has 2 N–H and O–H groups in total. The van der Waals surface area contributed by atoms with Crippen molar-refractivity contribution in [3.05, 3.63) is 0 Å². The highest BCUT2D eigenvalue weighted by Gasteiger charge is 2.34. The fraction of sp³-hybridized carbons (Fsp3) is 0.818. The minimum atomic E-state index is -1.03. The standard InChI is InChI=1S/C11H20N2O4/c1-11(2,3)13(7-9(15)16)10(17)12-5-4-8(14)6-12/h8,14H,4-7H2,1-3H3,(H,15,16). The number of carboxylic acid groups (broad SMARTS) is 1. The second-order valence-electron chi connectivity index (χ2n) is 5.32. The zero-order valence-electron chi connectivity index (χ0n) is 10.5. The molecular weight excluding hydrogens is 224 g/mol. The highest BCUT2D eigenvalue weighted by Crippen LogP contribution is 2.18. The lowest BCUT2D eigenvalue weighted by atomic mass is 10.1. The van der Waals surface area contributed by atoms with Gasteiger partial charge in [0.25, 0.3) is 0 Å². The summed E-state index contributed by atoms with van der Waals surface area (Å²) in [6, 6.07) is -0.323. The van der Waals surface area contributed by atoms with Crippen LogP contribution in [-0.4, -0.2) is 63.3 Å². The molecule has 1 saturated heterocycles. The van der Waals surface area contributed by atoms with E-state index in [2.05, 4.69) is 0 Å². The molecule has 0 spiro atoms. The summed E-state index contributed by atoms with van der Waals surface area (Å²) in [7, 11) is 0. The minimum absolute atomic E-state index is 0.283. The van der Waals surface area contributed by atoms with Gasteiger partial charge in [0, 0.05) is 18.6 Å². The van der Waals surface area contributed by atoms with Crippen LogP contribution in [0.5, 0.6) is 0 Å². The predicted molar refractivity (Wildman–Crippen MR) is 61.7 cm³/mol. The summed E-state index contributed by atoms with van der Waals surface area (Å²) >= 11 is 0. The van der Waals surface area contributed by atoms with Gasteiger partial charge < -0.3 is 20.0 Å². The van der Waals surface area contributed by atoms with Gasteiger partial charge in [-0.25, -0.2) is 4.79 Å². The van der Waals surface area contributed by atoms with Crippen LogP contribution >= 0.6 is 0 Å². The van der Waals surface area contributed by atoms with Crippen molar-refractivity contribution in [1.29, 1.82) is 0 Å². The quantitative estimate of drug-likeness (QED) is 0.734. The van der Waals surface area contributed by atoms with Crippen molar-refractivity contribution in [2.24, 2.45) is 0 Å². The van der Waals surface area contributed by atoms with E-state index in [4.69, 9.17) is 5.11 Å². The maximum atomic E-state index is 12.2. The monoisotopic (exact) mass is 244 g/mol. The van der Waals surface area contributed by atoms with Gasteiger partial charge in [-0.2, -0.15) is 0 Å². The first-order valence-electron chi connectivity index (χ1n) is 5.68. The van der Waals surface area contributed by atoms with E-state index in [9.17, 15) is 14.7 Å². The van der Waals surface area contributed by atoms with E-state index in [0.717, 1.165) is 0 Å². The Labute approximate surface area is 101 Å². The number of aliphatic carboxylic acids is 1. The molecule has 0 bridgehead atoms. The first kappa shape index (κ1) is 13.8. The van der Waals surface area contributed by atoms with Crippen LogP contribution in [0.4, 0.5) is 4.79 Å². The van der Waals surface area contributed by atoms with Gasteiger partial charge >= 0.3 is 12.0 Å². The van der Waals surface area contributed by atoms with Crippen molar-refractivity contribution in [2.45, 2.75) is 38.8 Å². The molecule has 1 heterocycles. The Bertz CT molecular complexity index is 311. The summed E-state index contributed by atoms with van der Waals surface area (Å²) < 4.78 is 0. The van der Waals surface area contributed by atoms with Crippen LogP contribution in [0.15, 0.2) is 0 Å². The molecule has 1 aliphatic rings. The molecule has 6 heteroatoms. The number of aliphatic hydroxyl groups is 1. The molecule has 0 aliphatic carbocycles. The number of hydrogen-bond donors (Lipinski definition) is 2. The fourth-order valence-electron chi connectivity index (χ4n) is 1.81. The van der Waals surface area contributed by atoms with Gasteiger partial charge in [0.1, 0.15) is 6.54 Å². The smallest absolute Gasteiger partial charge is 0.323 e. The molecule has 0 aromatic heterocycles. The normalized spacial score (nSPS) is 20.5. The van der Waals surface area contributed by atoms with Crippen LogP contribution in [0.2, 0.25) is 0 Å². The molecule has 0 radical (unpaired) electrons. The van der Waals surface area contributed by atoms with E-state index in [1.807, 2.05) is 0 Å². The number of carbonyl (C=O) groups is 2. The van der Waals surface area contributed by atoms with Gasteiger partial charge in [0.15, 0.2) is 0 Å². The Morgan fingerprint density at radius 3 is 2.35 bits per heavy atom. The maximum absolute atomic E-state index is 12.2. The maximum Gasteiger partial charge on any atom is 0.323 e. The molecule has 1 fully saturated rings. The molecule has 0 saturated carbocycles. The lowest BCUT2D eigenvalue weighted by Gasteiger charge is -2.37. The van der Waals surface area contributed by atoms with Gasteiger partial charge in [-0.15, -0.1) is 0 Å². The Morgan fingerprint density at radius 2 is 2.00 bits per heavy atom. The predicted octanol–water partition coefficient (Wildman–Crippen LogP) is 0.358. The van der Waals surface area contributed by atoms with Crippen LogP contribution in [0.1, 0.15) is 27.2 Å². The number of β-amino-alcohol motifs (C(OH)–C–C–N with tert-alkyl or cyclic N) is 1. The minimum Gasteiger partial charge on any atom is -0.480 e. The van der Waals surface area contributed by atoms with Crippen molar-refractivity contribution in [3.8, 4) is 0 Å². The van der Waals surface area contributed by atoms with Crippen molar-refractivity contribution < 1.29 is 19.8 Å². The Morgan fingerprint density at radius 1 is 1.41 bits per heavy atom. The molecule has 1 atom stereocenters. The van der Waals surface area contributed by atoms with Gasteiger partial charge in [-0.3, -0.25) is 4.79 Å². The highest BCUT2D eigenvalue weighted by atomic mass is 16.4. The fourth-order valence-corrected chi connectivity index (χ4v) is 1.81. The largest absolute Gasteiger partial charge is 0.480 e. The summed E-state index contributed by atoms with van der Waals surface area (Å²) in [5.41, 5.74) is -0.553. The number of urea groups is 1. The van der Waals surface area contributed by atoms with Gasteiger partial charge in [0.05, 0.1) is 6.10 Å². The number of amides is 2. The Hall–Kier alpha value is -1.30. The summed E-state index contributed by atoms with van der Waals surface area (Å²) in [6.07, 6.45) is 0.0576. The van der Waals surface area contributed by atoms with Crippen molar-refractivity contribution in [1.82, 2.24) is 9.80 Å². The van der Waals surface area contributed by atoms with Crippen molar-refractivity contribution >= 4 is 12.0 Å². The molecule has 6 nitrogen and oxygen atoms in total. The van der Waals surface area contributed by atoms with E-state index in [1.165, 1.54) is 9.80 Å². The summed E-state index contributed by atoms with van der Waals surface area (Å²) in [5.74, 6) is -1.03. The number of carbonyl (C=O) groups excluding carboxylic acids is 1. The lowest BCUT2D eigenvalue weighted by molar-refractivity contribution is -0.138. The summed E-state index contributed by atoms with van der Waals surface area (Å²) in [4.78, 5) is 25.7. The van der Waals surface area contributed by atoms with Crippen LogP contribution in [0.3, 0.4) is 0 Å². The number of nitrogens with zero attached hydrogens (tertiary/aromatic N) is 2. The molecule has 98 valence electrons. The molecule has 1 rings (SSSR count). The van der Waals surface area contributed by atoms with E-state index in [0.29, 0.717) is 13.0 Å². The second kappa shape index (κ2) is 4.91. The Kier molecular flexibility index (Phi) is 3.98. The van der Waals surface area contributed by atoms with Crippen molar-refractivity contribution in [2.75, 3.05) is 19.6 Å². The topological polar surface area (TPSA) is 81.1 Å². The third-order valence-corrected chi connectivity index (χ3v) is 2.77. The van der Waals surface area contributed by atoms with Crippen LogP contribution in [0, 0.1) is 0 Å². The number of hydrogen-bond acceptors (Lipinski definition) is 3. The molecular formula is C11H20N2O4. The number of likely N-dealkylation sites (tertiary alicyclic amines) is 1. The molecule has 0 aromatic carbocycles. The molecule has 1 aliphatic heterocycles. The third kappa shape index (κ3) is 3.59. The van der Waals surface area contributed by atoms with Gasteiger partial charge in [-0.1, -0.05) is 0 Å². The first-order valence-corrected chi connectivity index (χ1v) is 5.68. The molecule has 1 unspecified atom stereocenters. The third-order valence-electron chi connectivity index (χ3n) is 2.77. The molecule has 17 heavy (non-hydrogen) atoms. The van der Waals surface area contributed by atoms with Crippen molar-refractivity contribution in [3.63, 3.8) is 0 Å². The second-order valence-corrected chi connectivity index (χ2v) is 5.32. The average Bonchev–Trinajstić information content (AvgIpc) is 2.58. The zero-order chi connectivity index (χ0) is 13.2. The summed E-state index contributed by atoms with van der Waals surface area (Å²) in [6.45, 7) is 5.81. The van der Waals surface area contributed by atoms with E-state index < -0.39 is 17.6 Å². The zero-order valence-corrected chi connectivity index (χ0v) is 10.5. The van der Waals surface area contributed by atoms with Crippen LogP contribution in [0.25, 0.3) is 0 Å². The van der Waals surface area contributed by atoms with Gasteiger partial charge in [-0.05, 0) is 27.2 Å². The van der Waals surface area contributed by atoms with E-state index in [-0.39, 0.29) is 19.1 Å². The SMILES string of the molecule is CC(C)(C)N(CC(=O)O)C(=O)N1CCC(O)C1. The molecule has 0 aromatic rings. The number of aliphatic hydroxyl groups excluding tert-OH is 1. The van der Waals surface area contributed by atoms with E-state index >= 15 is 0 Å². The van der Waals surface area contributed by atoms with E-state index in [1.54, 1.807) is 20.8 Å². The van der Waals surface area contributed by atoms with Gasteiger partial charge in [0.2, 0.25) is 0 Å². The molecule has 2 amide bonds. The summed E-state index contributed by atoms with van der Waals surface area (Å²) in [5, 5.41) is 18.2. The van der Waals surface area contributed by atoms with Crippen LogP contribution in [-0.2, 0) is 4.79 Å². The first-order chi connectivity index (χ1) is 7.71. The van der Waals surface area contributed by atoms with Crippen LogP contribution < -0.4 is 0 Å². The highest BCUT2D eigenvalue weighted by molar-refractivity contribution is 5.81. The lowest BCUT2D eigenvalue weighted by Crippen LogP contribution is -2.53. The average molecular weight is 244 g/mol. The number of rotatable bonds is 2. The number of carboxylic acids is 1. The Balaban J connectivity index is 2.76.